The van der Waals surface area contributed by atoms with Crippen LogP contribution in [-0.2, 0) is 0 Å². The Balaban J connectivity index is 2.51. The Bertz CT molecular complexity index is 506. The second-order valence-electron chi connectivity index (χ2n) is 2.91. The van der Waals surface area contributed by atoms with Crippen LogP contribution in [-0.4, -0.2) is 23.2 Å². The molecule has 0 amide bonds. The van der Waals surface area contributed by atoms with Gasteiger partial charge in [0.05, 0.1) is 12.4 Å². The molecule has 0 saturated heterocycles. The molecule has 2 rings (SSSR count). The van der Waals surface area contributed by atoms with E-state index >= 15 is 0 Å². The highest BCUT2D eigenvalue weighted by Gasteiger charge is 2.12. The first-order valence-corrected chi connectivity index (χ1v) is 5.40. The standard InChI is InChI=1S/C10H8BrNO3/c1-14-6-2-3-9-7(4-6)12-10(15-9)8(13)5-11/h2-4H,5H2,1H3. The summed E-state index contributed by atoms with van der Waals surface area (Å²) in [6.07, 6.45) is 0. The highest BCUT2D eigenvalue weighted by atomic mass is 79.9. The number of carbonyl (C=O) groups is 1. The second kappa shape index (κ2) is 4.02. The van der Waals surface area contributed by atoms with E-state index in [0.717, 1.165) is 0 Å². The fourth-order valence-corrected chi connectivity index (χ4v) is 1.45. The lowest BCUT2D eigenvalue weighted by Gasteiger charge is -1.95. The number of ketones is 1. The van der Waals surface area contributed by atoms with Crippen molar-refractivity contribution in [2.45, 2.75) is 0 Å². The number of nitrogens with zero attached hydrogens (tertiary/aromatic N) is 1. The van der Waals surface area contributed by atoms with Gasteiger partial charge in [-0.3, -0.25) is 4.79 Å². The van der Waals surface area contributed by atoms with E-state index in [4.69, 9.17) is 9.15 Å². The molecule has 5 heteroatoms. The summed E-state index contributed by atoms with van der Waals surface area (Å²) in [4.78, 5) is 15.4. The van der Waals surface area contributed by atoms with Crippen LogP contribution in [0, 0.1) is 0 Å². The Morgan fingerprint density at radius 2 is 2.40 bits per heavy atom. The summed E-state index contributed by atoms with van der Waals surface area (Å²) in [6.45, 7) is 0. The summed E-state index contributed by atoms with van der Waals surface area (Å²) in [5.41, 5.74) is 1.21. The monoisotopic (exact) mass is 269 g/mol. The summed E-state index contributed by atoms with van der Waals surface area (Å²) < 4.78 is 10.3. The van der Waals surface area contributed by atoms with Gasteiger partial charge in [0.15, 0.2) is 5.58 Å². The summed E-state index contributed by atoms with van der Waals surface area (Å²) >= 11 is 3.06. The molecule has 0 aliphatic heterocycles. The van der Waals surface area contributed by atoms with Gasteiger partial charge in [-0.1, -0.05) is 15.9 Å². The normalized spacial score (nSPS) is 10.5. The molecule has 0 unspecified atom stereocenters. The van der Waals surface area contributed by atoms with Crippen LogP contribution >= 0.6 is 15.9 Å². The van der Waals surface area contributed by atoms with Crippen molar-refractivity contribution < 1.29 is 13.9 Å². The van der Waals surface area contributed by atoms with Crippen molar-refractivity contribution in [2.75, 3.05) is 12.4 Å². The van der Waals surface area contributed by atoms with E-state index in [1.807, 2.05) is 0 Å². The van der Waals surface area contributed by atoms with Gasteiger partial charge in [0, 0.05) is 6.07 Å². The van der Waals surface area contributed by atoms with Gasteiger partial charge in [-0.15, -0.1) is 0 Å². The van der Waals surface area contributed by atoms with Crippen molar-refractivity contribution in [3.05, 3.63) is 24.1 Å². The van der Waals surface area contributed by atoms with Crippen LogP contribution in [0.15, 0.2) is 22.6 Å². The molecule has 0 radical (unpaired) electrons. The van der Waals surface area contributed by atoms with Gasteiger partial charge >= 0.3 is 0 Å². The number of carbonyl (C=O) groups excluding carboxylic acids is 1. The molecule has 15 heavy (non-hydrogen) atoms. The fourth-order valence-electron chi connectivity index (χ4n) is 1.21. The number of hydrogen-bond donors (Lipinski definition) is 0. The number of fused-ring (bicyclic) bond motifs is 1. The number of aromatic nitrogens is 1. The third-order valence-corrected chi connectivity index (χ3v) is 2.46. The number of methoxy groups -OCH3 is 1. The van der Waals surface area contributed by atoms with E-state index in [0.29, 0.717) is 16.8 Å². The molecule has 0 fully saturated rings. The molecule has 0 N–H and O–H groups in total. The second-order valence-corrected chi connectivity index (χ2v) is 3.47. The smallest absolute Gasteiger partial charge is 0.265 e. The zero-order valence-electron chi connectivity index (χ0n) is 7.99. The number of halogens is 1. The summed E-state index contributed by atoms with van der Waals surface area (Å²) in [5.74, 6) is 0.633. The molecule has 2 aromatic rings. The maximum Gasteiger partial charge on any atom is 0.265 e. The maximum absolute atomic E-state index is 11.3. The molecule has 4 nitrogen and oxygen atoms in total. The van der Waals surface area contributed by atoms with E-state index in [2.05, 4.69) is 20.9 Å². The maximum atomic E-state index is 11.3. The van der Waals surface area contributed by atoms with Crippen LogP contribution in [0.2, 0.25) is 0 Å². The molecule has 1 aromatic heterocycles. The first-order valence-electron chi connectivity index (χ1n) is 4.28. The first-order chi connectivity index (χ1) is 7.24. The number of oxazole rings is 1. The van der Waals surface area contributed by atoms with Crippen molar-refractivity contribution in [3.63, 3.8) is 0 Å². The molecule has 0 saturated carbocycles. The highest BCUT2D eigenvalue weighted by Crippen LogP contribution is 2.21. The van der Waals surface area contributed by atoms with E-state index < -0.39 is 0 Å². The van der Waals surface area contributed by atoms with E-state index in [9.17, 15) is 4.79 Å². The van der Waals surface area contributed by atoms with Crippen molar-refractivity contribution in [2.24, 2.45) is 0 Å². The molecule has 0 aliphatic carbocycles. The predicted molar refractivity (Wildman–Crippen MR) is 58.7 cm³/mol. The molecule has 0 bridgehead atoms. The van der Waals surface area contributed by atoms with Crippen molar-refractivity contribution in [1.29, 1.82) is 0 Å². The van der Waals surface area contributed by atoms with E-state index in [1.165, 1.54) is 0 Å². The summed E-state index contributed by atoms with van der Waals surface area (Å²) in [5, 5.41) is 0.205. The first kappa shape index (κ1) is 10.2. The van der Waals surface area contributed by atoms with Crippen molar-refractivity contribution in [1.82, 2.24) is 4.98 Å². The highest BCUT2D eigenvalue weighted by molar-refractivity contribution is 9.09. The molecule has 1 heterocycles. The van der Waals surface area contributed by atoms with Crippen LogP contribution in [0.3, 0.4) is 0 Å². The Kier molecular flexibility index (Phi) is 2.73. The zero-order chi connectivity index (χ0) is 10.8. The Hall–Kier alpha value is -1.36. The van der Waals surface area contributed by atoms with Crippen molar-refractivity contribution in [3.8, 4) is 5.75 Å². The number of Topliss-reactive ketones (excluding diaryl/α,β-unsaturated/α-hetero) is 1. The molecule has 1 aromatic carbocycles. The molecular formula is C10H8BrNO3. The molecule has 78 valence electrons. The molecular weight excluding hydrogens is 262 g/mol. The minimum Gasteiger partial charge on any atom is -0.497 e. The third-order valence-electron chi connectivity index (χ3n) is 1.95. The van der Waals surface area contributed by atoms with Crippen LogP contribution in [0.25, 0.3) is 11.1 Å². The van der Waals surface area contributed by atoms with Gasteiger partial charge in [-0.25, -0.2) is 4.98 Å². The van der Waals surface area contributed by atoms with Gasteiger partial charge in [0.25, 0.3) is 5.89 Å². The van der Waals surface area contributed by atoms with Gasteiger partial charge in [-0.2, -0.15) is 0 Å². The number of rotatable bonds is 3. The zero-order valence-corrected chi connectivity index (χ0v) is 9.58. The number of ether oxygens (including phenoxy) is 1. The fraction of sp³-hybridized carbons (Fsp3) is 0.200. The van der Waals surface area contributed by atoms with Crippen LogP contribution < -0.4 is 4.74 Å². The quantitative estimate of drug-likeness (QED) is 0.634. The van der Waals surface area contributed by atoms with E-state index in [1.54, 1.807) is 25.3 Å². The van der Waals surface area contributed by atoms with Gasteiger partial charge in [0.1, 0.15) is 11.3 Å². The van der Waals surface area contributed by atoms with Gasteiger partial charge in [-0.05, 0) is 12.1 Å². The number of alkyl halides is 1. The Labute approximate surface area is 94.4 Å². The lowest BCUT2D eigenvalue weighted by molar-refractivity contribution is 0.0989. The summed E-state index contributed by atoms with van der Waals surface area (Å²) in [6, 6.07) is 5.21. The topological polar surface area (TPSA) is 52.3 Å². The molecule has 0 aliphatic rings. The minimum atomic E-state index is -0.176. The van der Waals surface area contributed by atoms with Gasteiger partial charge in [0.2, 0.25) is 5.78 Å². The molecule has 0 spiro atoms. The summed E-state index contributed by atoms with van der Waals surface area (Å²) in [7, 11) is 1.58. The third kappa shape index (κ3) is 1.87. The number of benzene rings is 1. The Morgan fingerprint density at radius 3 is 3.07 bits per heavy atom. The van der Waals surface area contributed by atoms with Crippen LogP contribution in [0.5, 0.6) is 5.75 Å². The lowest BCUT2D eigenvalue weighted by atomic mass is 10.3. The average molecular weight is 270 g/mol. The molecule has 0 atom stereocenters. The average Bonchev–Trinajstić information content (AvgIpc) is 2.70. The van der Waals surface area contributed by atoms with E-state index in [-0.39, 0.29) is 17.0 Å². The predicted octanol–water partition coefficient (Wildman–Crippen LogP) is 2.41. The Morgan fingerprint density at radius 1 is 1.60 bits per heavy atom. The SMILES string of the molecule is COc1ccc2oc(C(=O)CBr)nc2c1. The van der Waals surface area contributed by atoms with Crippen LogP contribution in [0.1, 0.15) is 10.7 Å². The lowest BCUT2D eigenvalue weighted by Crippen LogP contribution is -1.99. The number of hydrogen-bond acceptors (Lipinski definition) is 4. The van der Waals surface area contributed by atoms with Crippen molar-refractivity contribution >= 4 is 32.8 Å². The van der Waals surface area contributed by atoms with Crippen LogP contribution in [0.4, 0.5) is 0 Å². The largest absolute Gasteiger partial charge is 0.497 e. The minimum absolute atomic E-state index is 0.120. The van der Waals surface area contributed by atoms with Gasteiger partial charge < -0.3 is 9.15 Å².